The number of nitrogens with zero attached hydrogens (tertiary/aromatic N) is 4. The molecule has 1 aromatic heterocycles. The molecule has 1 unspecified atom stereocenters. The first-order chi connectivity index (χ1) is 12.4. The summed E-state index contributed by atoms with van der Waals surface area (Å²) in [6.45, 7) is 3.11. The molecular weight excluding hydrogens is 338 g/mol. The van der Waals surface area contributed by atoms with E-state index in [1.807, 2.05) is 18.9 Å². The van der Waals surface area contributed by atoms with Crippen LogP contribution in [0, 0.1) is 18.6 Å². The number of benzene rings is 1. The Bertz CT molecular complexity index is 782. The fraction of sp³-hybridized carbons (Fsp3) is 0.421. The van der Waals surface area contributed by atoms with Gasteiger partial charge in [-0.25, -0.2) is 18.7 Å². The molecule has 1 aliphatic heterocycles. The summed E-state index contributed by atoms with van der Waals surface area (Å²) < 4.78 is 26.8. The Hall–Kier alpha value is -2.57. The number of likely N-dealkylation sites (N-methyl/N-ethyl adjacent to an activating group) is 1. The fourth-order valence-corrected chi connectivity index (χ4v) is 3.17. The van der Waals surface area contributed by atoms with Crippen molar-refractivity contribution in [1.29, 1.82) is 0 Å². The summed E-state index contributed by atoms with van der Waals surface area (Å²) in [5.74, 6) is -0.855. The van der Waals surface area contributed by atoms with E-state index in [0.29, 0.717) is 19.0 Å². The number of anilines is 1. The van der Waals surface area contributed by atoms with E-state index in [-0.39, 0.29) is 23.9 Å². The Morgan fingerprint density at radius 1 is 1.31 bits per heavy atom. The minimum absolute atomic E-state index is 0.0659. The number of aromatic nitrogens is 2. The third-order valence-electron chi connectivity index (χ3n) is 4.74. The topological polar surface area (TPSA) is 49.3 Å². The second-order valence-electron chi connectivity index (χ2n) is 6.72. The molecule has 0 bridgehead atoms. The Morgan fingerprint density at radius 3 is 2.73 bits per heavy atom. The van der Waals surface area contributed by atoms with Crippen molar-refractivity contribution in [3.8, 4) is 0 Å². The van der Waals surface area contributed by atoms with Crippen molar-refractivity contribution in [2.75, 3.05) is 25.0 Å². The molecular formula is C19H22F2N4O. The summed E-state index contributed by atoms with van der Waals surface area (Å²) in [4.78, 5) is 25.0. The zero-order chi connectivity index (χ0) is 18.7. The molecule has 5 nitrogen and oxygen atoms in total. The molecule has 1 fully saturated rings. The van der Waals surface area contributed by atoms with E-state index in [2.05, 4.69) is 9.97 Å². The van der Waals surface area contributed by atoms with Gasteiger partial charge in [-0.05, 0) is 37.0 Å². The molecule has 1 aliphatic rings. The third kappa shape index (κ3) is 4.15. The van der Waals surface area contributed by atoms with Crippen molar-refractivity contribution in [2.24, 2.45) is 0 Å². The number of carbonyl (C=O) groups excluding carboxylic acids is 1. The Balaban J connectivity index is 1.65. The molecule has 0 saturated carbocycles. The standard InChI is InChI=1S/C19H22F2N4O/c1-13-10-22-19(23-11-13)24(2)16-4-3-7-25(12-16)18(26)8-14-5-6-15(20)9-17(14)21/h5-6,9-11,16H,3-4,7-8,12H2,1-2H3. The van der Waals surface area contributed by atoms with Crippen molar-refractivity contribution < 1.29 is 13.6 Å². The van der Waals surface area contributed by atoms with E-state index >= 15 is 0 Å². The second-order valence-corrected chi connectivity index (χ2v) is 6.72. The summed E-state index contributed by atoms with van der Waals surface area (Å²) in [6.07, 6.45) is 5.26. The number of amides is 1. The highest BCUT2D eigenvalue weighted by atomic mass is 19.1. The van der Waals surface area contributed by atoms with Crippen molar-refractivity contribution in [3.63, 3.8) is 0 Å². The monoisotopic (exact) mass is 360 g/mol. The predicted octanol–water partition coefficient (Wildman–Crippen LogP) is 2.73. The van der Waals surface area contributed by atoms with Gasteiger partial charge in [0.2, 0.25) is 11.9 Å². The maximum atomic E-state index is 13.8. The van der Waals surface area contributed by atoms with Crippen LogP contribution in [-0.2, 0) is 11.2 Å². The van der Waals surface area contributed by atoms with Crippen molar-refractivity contribution >= 4 is 11.9 Å². The molecule has 2 heterocycles. The minimum Gasteiger partial charge on any atom is -0.340 e. The quantitative estimate of drug-likeness (QED) is 0.841. The van der Waals surface area contributed by atoms with Crippen molar-refractivity contribution in [1.82, 2.24) is 14.9 Å². The van der Waals surface area contributed by atoms with Gasteiger partial charge in [0.1, 0.15) is 11.6 Å². The molecule has 0 radical (unpaired) electrons. The van der Waals surface area contributed by atoms with Gasteiger partial charge in [0.15, 0.2) is 0 Å². The first-order valence-corrected chi connectivity index (χ1v) is 8.67. The molecule has 1 aromatic carbocycles. The van der Waals surface area contributed by atoms with Gasteiger partial charge in [-0.15, -0.1) is 0 Å². The van der Waals surface area contributed by atoms with Gasteiger partial charge in [0.05, 0.1) is 6.42 Å². The van der Waals surface area contributed by atoms with Gasteiger partial charge < -0.3 is 9.80 Å². The minimum atomic E-state index is -0.683. The first-order valence-electron chi connectivity index (χ1n) is 8.67. The Morgan fingerprint density at radius 2 is 2.04 bits per heavy atom. The van der Waals surface area contributed by atoms with Gasteiger partial charge in [0, 0.05) is 44.6 Å². The van der Waals surface area contributed by atoms with Crippen LogP contribution in [-0.4, -0.2) is 47.0 Å². The van der Waals surface area contributed by atoms with Crippen LogP contribution >= 0.6 is 0 Å². The number of aryl methyl sites for hydroxylation is 1. The maximum Gasteiger partial charge on any atom is 0.227 e. The van der Waals surface area contributed by atoms with Crippen LogP contribution in [0.25, 0.3) is 0 Å². The van der Waals surface area contributed by atoms with Crippen LogP contribution in [0.15, 0.2) is 30.6 Å². The molecule has 138 valence electrons. The van der Waals surface area contributed by atoms with E-state index in [9.17, 15) is 13.6 Å². The summed E-state index contributed by atoms with van der Waals surface area (Å²) in [5.41, 5.74) is 1.21. The van der Waals surface area contributed by atoms with Crippen LogP contribution < -0.4 is 4.90 Å². The first kappa shape index (κ1) is 18.2. The van der Waals surface area contributed by atoms with E-state index < -0.39 is 11.6 Å². The van der Waals surface area contributed by atoms with Gasteiger partial charge >= 0.3 is 0 Å². The predicted molar refractivity (Wildman–Crippen MR) is 94.8 cm³/mol. The summed E-state index contributed by atoms with van der Waals surface area (Å²) in [6, 6.07) is 3.42. The van der Waals surface area contributed by atoms with Crippen LogP contribution in [0.5, 0.6) is 0 Å². The zero-order valence-corrected chi connectivity index (χ0v) is 15.0. The lowest BCUT2D eigenvalue weighted by molar-refractivity contribution is -0.131. The van der Waals surface area contributed by atoms with E-state index in [1.165, 1.54) is 12.1 Å². The normalized spacial score (nSPS) is 17.2. The van der Waals surface area contributed by atoms with Gasteiger partial charge in [0.25, 0.3) is 0 Å². The number of hydrogen-bond acceptors (Lipinski definition) is 4. The molecule has 1 atom stereocenters. The van der Waals surface area contributed by atoms with E-state index in [1.54, 1.807) is 17.3 Å². The highest BCUT2D eigenvalue weighted by Crippen LogP contribution is 2.20. The lowest BCUT2D eigenvalue weighted by atomic mass is 10.0. The molecule has 0 N–H and O–H groups in total. The number of likely N-dealkylation sites (tertiary alicyclic amines) is 1. The number of piperidine rings is 1. The van der Waals surface area contributed by atoms with Crippen LogP contribution in [0.2, 0.25) is 0 Å². The maximum absolute atomic E-state index is 13.8. The van der Waals surface area contributed by atoms with E-state index in [0.717, 1.165) is 24.5 Å². The molecule has 3 rings (SSSR count). The SMILES string of the molecule is Cc1cnc(N(C)C2CCCN(C(=O)Cc3ccc(F)cc3F)C2)nc1. The second kappa shape index (κ2) is 7.76. The molecule has 2 aromatic rings. The van der Waals surface area contributed by atoms with Gasteiger partial charge in [-0.2, -0.15) is 0 Å². The number of carbonyl (C=O) groups is 1. The van der Waals surface area contributed by atoms with Gasteiger partial charge in [-0.1, -0.05) is 6.07 Å². The lowest BCUT2D eigenvalue weighted by Gasteiger charge is -2.37. The molecule has 7 heteroatoms. The Labute approximate surface area is 151 Å². The lowest BCUT2D eigenvalue weighted by Crippen LogP contribution is -2.49. The molecule has 0 spiro atoms. The summed E-state index contributed by atoms with van der Waals surface area (Å²) >= 11 is 0. The largest absolute Gasteiger partial charge is 0.340 e. The highest BCUT2D eigenvalue weighted by molar-refractivity contribution is 5.79. The molecule has 1 saturated heterocycles. The van der Waals surface area contributed by atoms with Crippen molar-refractivity contribution in [3.05, 3.63) is 53.4 Å². The number of rotatable bonds is 4. The van der Waals surface area contributed by atoms with Crippen LogP contribution in [0.4, 0.5) is 14.7 Å². The Kier molecular flexibility index (Phi) is 5.44. The smallest absolute Gasteiger partial charge is 0.227 e. The molecule has 1 amide bonds. The number of hydrogen-bond donors (Lipinski definition) is 0. The third-order valence-corrected chi connectivity index (χ3v) is 4.74. The average Bonchev–Trinajstić information content (AvgIpc) is 2.64. The molecule has 0 aliphatic carbocycles. The number of halogens is 2. The van der Waals surface area contributed by atoms with E-state index in [4.69, 9.17) is 0 Å². The fourth-order valence-electron chi connectivity index (χ4n) is 3.17. The highest BCUT2D eigenvalue weighted by Gasteiger charge is 2.27. The van der Waals surface area contributed by atoms with Crippen LogP contribution in [0.1, 0.15) is 24.0 Å². The average molecular weight is 360 g/mol. The van der Waals surface area contributed by atoms with Gasteiger partial charge in [-0.3, -0.25) is 4.79 Å². The zero-order valence-electron chi connectivity index (χ0n) is 15.0. The summed E-state index contributed by atoms with van der Waals surface area (Å²) in [5, 5.41) is 0. The van der Waals surface area contributed by atoms with Crippen molar-refractivity contribution in [2.45, 2.75) is 32.2 Å². The van der Waals surface area contributed by atoms with Crippen LogP contribution in [0.3, 0.4) is 0 Å². The molecule has 26 heavy (non-hydrogen) atoms. The summed E-state index contributed by atoms with van der Waals surface area (Å²) in [7, 11) is 1.92.